The van der Waals surface area contributed by atoms with E-state index < -0.39 is 0 Å². The van der Waals surface area contributed by atoms with Crippen molar-refractivity contribution in [2.75, 3.05) is 7.11 Å². The molecule has 0 aromatic heterocycles. The molecule has 116 valence electrons. The van der Waals surface area contributed by atoms with Crippen LogP contribution in [0, 0.1) is 0 Å². The lowest BCUT2D eigenvalue weighted by Gasteiger charge is -2.31. The Labute approximate surface area is 129 Å². The fourth-order valence-corrected chi connectivity index (χ4v) is 3.96. The van der Waals surface area contributed by atoms with Crippen molar-refractivity contribution >= 4 is 0 Å². The molecular formula is C19H29NO. The molecule has 0 radical (unpaired) electrons. The molecular weight excluding hydrogens is 258 g/mol. The van der Waals surface area contributed by atoms with Crippen LogP contribution in [0.2, 0.25) is 0 Å². The molecule has 1 atom stereocenters. The van der Waals surface area contributed by atoms with Crippen molar-refractivity contribution in [1.29, 1.82) is 0 Å². The summed E-state index contributed by atoms with van der Waals surface area (Å²) in [6, 6.07) is 8.00. The fourth-order valence-electron chi connectivity index (χ4n) is 3.96. The van der Waals surface area contributed by atoms with E-state index >= 15 is 0 Å². The van der Waals surface area contributed by atoms with E-state index in [1.807, 2.05) is 0 Å². The summed E-state index contributed by atoms with van der Waals surface area (Å²) in [7, 11) is 1.76. The second-order valence-corrected chi connectivity index (χ2v) is 6.78. The first-order chi connectivity index (χ1) is 10.3. The highest BCUT2D eigenvalue weighted by atomic mass is 16.5. The summed E-state index contributed by atoms with van der Waals surface area (Å²) in [6.07, 6.45) is 13.6. The molecule has 1 aromatic rings. The molecule has 3 rings (SSSR count). The summed E-state index contributed by atoms with van der Waals surface area (Å²) >= 11 is 0. The van der Waals surface area contributed by atoms with Crippen LogP contribution in [0.15, 0.2) is 18.2 Å². The summed E-state index contributed by atoms with van der Waals surface area (Å²) < 4.78 is 5.38. The molecule has 2 aliphatic rings. The average molecular weight is 287 g/mol. The third-order valence-electron chi connectivity index (χ3n) is 5.22. The molecule has 1 saturated carbocycles. The minimum atomic E-state index is 0.661. The molecule has 2 aliphatic carbocycles. The molecule has 1 aromatic carbocycles. The van der Waals surface area contributed by atoms with Gasteiger partial charge in [-0.05, 0) is 55.4 Å². The SMILES string of the molecule is COc1ccc2c(c1)CC(NC1CCCCCCC1)CC2. The largest absolute Gasteiger partial charge is 0.497 e. The van der Waals surface area contributed by atoms with Crippen LogP contribution < -0.4 is 10.1 Å². The maximum absolute atomic E-state index is 5.38. The van der Waals surface area contributed by atoms with E-state index in [0.717, 1.165) is 11.8 Å². The van der Waals surface area contributed by atoms with E-state index in [1.54, 1.807) is 7.11 Å². The highest BCUT2D eigenvalue weighted by molar-refractivity contribution is 5.37. The highest BCUT2D eigenvalue weighted by Crippen LogP contribution is 2.27. The van der Waals surface area contributed by atoms with Crippen molar-refractivity contribution in [1.82, 2.24) is 5.32 Å². The number of methoxy groups -OCH3 is 1. The molecule has 1 N–H and O–H groups in total. The van der Waals surface area contributed by atoms with Crippen molar-refractivity contribution < 1.29 is 4.74 Å². The highest BCUT2D eigenvalue weighted by Gasteiger charge is 2.22. The standard InChI is InChI=1S/C19H29NO/c1-21-19-12-10-15-9-11-18(13-16(15)14-19)20-17-7-5-3-2-4-6-8-17/h10,12,14,17-18,20H,2-9,11,13H2,1H3. The van der Waals surface area contributed by atoms with Gasteiger partial charge in [0.25, 0.3) is 0 Å². The van der Waals surface area contributed by atoms with Crippen LogP contribution in [0.25, 0.3) is 0 Å². The van der Waals surface area contributed by atoms with E-state index in [1.165, 1.54) is 75.3 Å². The number of rotatable bonds is 3. The average Bonchev–Trinajstić information content (AvgIpc) is 2.49. The van der Waals surface area contributed by atoms with E-state index in [0.29, 0.717) is 6.04 Å². The number of benzene rings is 1. The van der Waals surface area contributed by atoms with E-state index in [-0.39, 0.29) is 0 Å². The van der Waals surface area contributed by atoms with E-state index in [4.69, 9.17) is 4.74 Å². The molecule has 0 bridgehead atoms. The van der Waals surface area contributed by atoms with Crippen LogP contribution in [0.1, 0.15) is 62.5 Å². The Morgan fingerprint density at radius 2 is 1.67 bits per heavy atom. The lowest BCUT2D eigenvalue weighted by atomic mass is 9.87. The summed E-state index contributed by atoms with van der Waals surface area (Å²) in [5.41, 5.74) is 3.01. The molecule has 1 fully saturated rings. The lowest BCUT2D eigenvalue weighted by molar-refractivity contribution is 0.333. The Kier molecular flexibility index (Phi) is 5.18. The minimum Gasteiger partial charge on any atom is -0.497 e. The van der Waals surface area contributed by atoms with Crippen LogP contribution >= 0.6 is 0 Å². The molecule has 0 saturated heterocycles. The van der Waals surface area contributed by atoms with Crippen LogP contribution in [-0.2, 0) is 12.8 Å². The first kappa shape index (κ1) is 14.9. The van der Waals surface area contributed by atoms with Gasteiger partial charge in [-0.3, -0.25) is 0 Å². The zero-order valence-corrected chi connectivity index (χ0v) is 13.4. The third-order valence-corrected chi connectivity index (χ3v) is 5.22. The van der Waals surface area contributed by atoms with Crippen molar-refractivity contribution in [3.8, 4) is 5.75 Å². The maximum atomic E-state index is 5.38. The summed E-state index contributed by atoms with van der Waals surface area (Å²) in [4.78, 5) is 0. The van der Waals surface area contributed by atoms with Gasteiger partial charge in [-0.1, -0.05) is 38.2 Å². The molecule has 2 heteroatoms. The van der Waals surface area contributed by atoms with Gasteiger partial charge in [0.15, 0.2) is 0 Å². The Hall–Kier alpha value is -1.02. The number of nitrogens with one attached hydrogen (secondary N) is 1. The number of fused-ring (bicyclic) bond motifs is 1. The van der Waals surface area contributed by atoms with Crippen LogP contribution in [-0.4, -0.2) is 19.2 Å². The summed E-state index contributed by atoms with van der Waals surface area (Å²) in [5, 5.41) is 3.96. The smallest absolute Gasteiger partial charge is 0.119 e. The van der Waals surface area contributed by atoms with Gasteiger partial charge < -0.3 is 10.1 Å². The molecule has 2 nitrogen and oxygen atoms in total. The van der Waals surface area contributed by atoms with Crippen LogP contribution in [0.5, 0.6) is 5.75 Å². The van der Waals surface area contributed by atoms with Gasteiger partial charge in [0.2, 0.25) is 0 Å². The second kappa shape index (κ2) is 7.31. The normalized spacial score (nSPS) is 24.0. The van der Waals surface area contributed by atoms with Crippen molar-refractivity contribution in [2.45, 2.75) is 76.3 Å². The van der Waals surface area contributed by atoms with Gasteiger partial charge in [-0.2, -0.15) is 0 Å². The Balaban J connectivity index is 1.59. The molecule has 0 heterocycles. The topological polar surface area (TPSA) is 21.3 Å². The van der Waals surface area contributed by atoms with Gasteiger partial charge in [0, 0.05) is 12.1 Å². The number of hydrogen-bond acceptors (Lipinski definition) is 2. The first-order valence-corrected chi connectivity index (χ1v) is 8.77. The number of ether oxygens (including phenoxy) is 1. The van der Waals surface area contributed by atoms with E-state index in [9.17, 15) is 0 Å². The van der Waals surface area contributed by atoms with Crippen molar-refractivity contribution in [2.24, 2.45) is 0 Å². The summed E-state index contributed by atoms with van der Waals surface area (Å²) in [6.45, 7) is 0. The Bertz CT molecular complexity index is 449. The van der Waals surface area contributed by atoms with Gasteiger partial charge in [0.05, 0.1) is 7.11 Å². The first-order valence-electron chi connectivity index (χ1n) is 8.77. The second-order valence-electron chi connectivity index (χ2n) is 6.78. The molecule has 1 unspecified atom stereocenters. The molecule has 0 amide bonds. The van der Waals surface area contributed by atoms with Gasteiger partial charge in [-0.15, -0.1) is 0 Å². The van der Waals surface area contributed by atoms with Gasteiger partial charge in [0.1, 0.15) is 5.75 Å². The van der Waals surface area contributed by atoms with Crippen molar-refractivity contribution in [3.05, 3.63) is 29.3 Å². The molecule has 21 heavy (non-hydrogen) atoms. The quantitative estimate of drug-likeness (QED) is 0.897. The van der Waals surface area contributed by atoms with Crippen molar-refractivity contribution in [3.63, 3.8) is 0 Å². The van der Waals surface area contributed by atoms with Crippen LogP contribution in [0.4, 0.5) is 0 Å². The van der Waals surface area contributed by atoms with Crippen LogP contribution in [0.3, 0.4) is 0 Å². The number of aryl methyl sites for hydroxylation is 1. The van der Waals surface area contributed by atoms with Gasteiger partial charge in [-0.25, -0.2) is 0 Å². The zero-order chi connectivity index (χ0) is 14.5. The lowest BCUT2D eigenvalue weighted by Crippen LogP contribution is -2.41. The zero-order valence-electron chi connectivity index (χ0n) is 13.4. The molecule has 0 spiro atoms. The minimum absolute atomic E-state index is 0.661. The predicted octanol–water partition coefficient (Wildman–Crippen LogP) is 4.26. The number of hydrogen-bond donors (Lipinski definition) is 1. The Morgan fingerprint density at radius 3 is 2.43 bits per heavy atom. The molecule has 0 aliphatic heterocycles. The fraction of sp³-hybridized carbons (Fsp3) is 0.684. The third kappa shape index (κ3) is 4.00. The Morgan fingerprint density at radius 1 is 0.905 bits per heavy atom. The van der Waals surface area contributed by atoms with E-state index in [2.05, 4.69) is 23.5 Å². The predicted molar refractivity (Wildman–Crippen MR) is 88.0 cm³/mol. The maximum Gasteiger partial charge on any atom is 0.119 e. The van der Waals surface area contributed by atoms with Gasteiger partial charge >= 0.3 is 0 Å². The summed E-state index contributed by atoms with van der Waals surface area (Å²) in [5.74, 6) is 1.00. The monoisotopic (exact) mass is 287 g/mol.